The molecule has 1 heterocycles. The Bertz CT molecular complexity index is 1000. The highest BCUT2D eigenvalue weighted by Crippen LogP contribution is 2.38. The van der Waals surface area contributed by atoms with Crippen LogP contribution in [0.3, 0.4) is 0 Å². The molecule has 6 heteroatoms. The maximum absolute atomic E-state index is 12.7. The van der Waals surface area contributed by atoms with E-state index in [0.717, 1.165) is 23.4 Å². The molecule has 152 valence electrons. The van der Waals surface area contributed by atoms with E-state index in [0.29, 0.717) is 29.7 Å². The predicted octanol–water partition coefficient (Wildman–Crippen LogP) is 5.38. The summed E-state index contributed by atoms with van der Waals surface area (Å²) >= 11 is 6.33. The first kappa shape index (κ1) is 19.9. The predicted molar refractivity (Wildman–Crippen MR) is 119 cm³/mol. The number of halogens is 1. The van der Waals surface area contributed by atoms with Crippen molar-refractivity contribution in [2.24, 2.45) is 0 Å². The van der Waals surface area contributed by atoms with Gasteiger partial charge in [-0.2, -0.15) is 0 Å². The Morgan fingerprint density at radius 3 is 2.23 bits per heavy atom. The Morgan fingerprint density at radius 1 is 0.933 bits per heavy atom. The fourth-order valence-corrected chi connectivity index (χ4v) is 3.37. The lowest BCUT2D eigenvalue weighted by atomic mass is 10.2. The van der Waals surface area contributed by atoms with Gasteiger partial charge in [0.25, 0.3) is 5.91 Å². The van der Waals surface area contributed by atoms with Crippen LogP contribution in [0, 0.1) is 0 Å². The first-order chi connectivity index (χ1) is 14.7. The van der Waals surface area contributed by atoms with Crippen molar-refractivity contribution in [1.82, 2.24) is 5.43 Å². The molecular weight excluding hydrogens is 400 g/mol. The number of amides is 1. The van der Waals surface area contributed by atoms with Crippen molar-refractivity contribution in [3.8, 4) is 11.5 Å². The van der Waals surface area contributed by atoms with Crippen LogP contribution in [0.5, 0.6) is 11.5 Å². The van der Waals surface area contributed by atoms with Gasteiger partial charge < -0.3 is 9.47 Å². The van der Waals surface area contributed by atoms with Gasteiger partial charge in [0.2, 0.25) is 0 Å². The van der Waals surface area contributed by atoms with Crippen LogP contribution in [-0.2, 0) is 4.79 Å². The zero-order valence-corrected chi connectivity index (χ0v) is 17.0. The average Bonchev–Trinajstić information content (AvgIpc) is 3.03. The van der Waals surface area contributed by atoms with E-state index < -0.39 is 0 Å². The van der Waals surface area contributed by atoms with Crippen LogP contribution < -0.4 is 19.9 Å². The number of carbonyl (C=O) groups excluding carboxylic acids is 1. The van der Waals surface area contributed by atoms with Crippen LogP contribution in [0.4, 0.5) is 11.4 Å². The van der Waals surface area contributed by atoms with Crippen molar-refractivity contribution in [2.45, 2.75) is 6.42 Å². The number of nitrogens with zero attached hydrogens (tertiary/aromatic N) is 1. The molecule has 5 nitrogen and oxygen atoms in total. The molecule has 1 aliphatic rings. The lowest BCUT2D eigenvalue weighted by Gasteiger charge is -2.24. The van der Waals surface area contributed by atoms with Crippen LogP contribution >= 0.6 is 11.6 Å². The molecule has 0 aromatic heterocycles. The molecule has 30 heavy (non-hydrogen) atoms. The molecule has 1 N–H and O–H groups in total. The Balaban J connectivity index is 1.53. The molecule has 3 aromatic rings. The van der Waals surface area contributed by atoms with Crippen molar-refractivity contribution in [2.75, 3.05) is 18.2 Å². The van der Waals surface area contributed by atoms with E-state index >= 15 is 0 Å². The monoisotopic (exact) mass is 420 g/mol. The number of benzene rings is 3. The summed E-state index contributed by atoms with van der Waals surface area (Å²) < 4.78 is 11.3. The summed E-state index contributed by atoms with van der Waals surface area (Å²) in [6.45, 7) is 1.14. The standard InChI is InChI=1S/C24H21ClN2O3/c25-21-16-18(17-22-24(21)30-15-7-14-29-22)12-13-23(28)26-27(19-8-3-1-4-9-19)20-10-5-2-6-11-20/h1-6,8-13,16-17H,7,14-15H2,(H,26,28). The van der Waals surface area contributed by atoms with Gasteiger partial charge in [0.15, 0.2) is 11.5 Å². The SMILES string of the molecule is O=C(C=Cc1cc(Cl)c2c(c1)OCCCO2)NN(c1ccccc1)c1ccccc1. The smallest absolute Gasteiger partial charge is 0.262 e. The molecule has 1 aliphatic heterocycles. The first-order valence-corrected chi connectivity index (χ1v) is 10.1. The summed E-state index contributed by atoms with van der Waals surface area (Å²) in [5, 5.41) is 2.21. The molecule has 1 amide bonds. The lowest BCUT2D eigenvalue weighted by molar-refractivity contribution is -0.116. The quantitative estimate of drug-likeness (QED) is 0.444. The minimum atomic E-state index is -0.272. The number of fused-ring (bicyclic) bond motifs is 1. The van der Waals surface area contributed by atoms with E-state index in [9.17, 15) is 4.79 Å². The molecule has 0 bridgehead atoms. The van der Waals surface area contributed by atoms with Crippen molar-refractivity contribution in [3.05, 3.63) is 89.5 Å². The number of hydrogen-bond acceptors (Lipinski definition) is 4. The van der Waals surface area contributed by atoms with Crippen molar-refractivity contribution in [3.63, 3.8) is 0 Å². The van der Waals surface area contributed by atoms with Crippen LogP contribution in [0.15, 0.2) is 78.9 Å². The largest absolute Gasteiger partial charge is 0.489 e. The van der Waals surface area contributed by atoms with Gasteiger partial charge in [0.1, 0.15) is 0 Å². The highest BCUT2D eigenvalue weighted by Gasteiger charge is 2.15. The van der Waals surface area contributed by atoms with E-state index in [1.807, 2.05) is 66.7 Å². The Hall–Kier alpha value is -3.44. The minimum absolute atomic E-state index is 0.272. The fourth-order valence-electron chi connectivity index (χ4n) is 3.10. The molecule has 0 aliphatic carbocycles. The maximum atomic E-state index is 12.7. The number of para-hydroxylation sites is 2. The molecule has 0 saturated carbocycles. The van der Waals surface area contributed by atoms with Gasteiger partial charge in [0, 0.05) is 12.5 Å². The molecule has 3 aromatic carbocycles. The summed E-state index contributed by atoms with van der Waals surface area (Å²) in [5.41, 5.74) is 5.38. The number of anilines is 2. The van der Waals surface area contributed by atoms with E-state index in [1.165, 1.54) is 6.08 Å². The third-order valence-electron chi connectivity index (χ3n) is 4.50. The Labute approximate surface area is 180 Å². The topological polar surface area (TPSA) is 50.8 Å². The van der Waals surface area contributed by atoms with Gasteiger partial charge in [-0.05, 0) is 48.0 Å². The third-order valence-corrected chi connectivity index (χ3v) is 4.78. The van der Waals surface area contributed by atoms with E-state index in [2.05, 4.69) is 5.43 Å². The summed E-state index contributed by atoms with van der Waals surface area (Å²) in [4.78, 5) is 12.7. The van der Waals surface area contributed by atoms with E-state index in [1.54, 1.807) is 17.2 Å². The van der Waals surface area contributed by atoms with Crippen LogP contribution in [0.2, 0.25) is 5.02 Å². The molecule has 0 saturated heterocycles. The number of carbonyl (C=O) groups is 1. The second-order valence-electron chi connectivity index (χ2n) is 6.70. The average molecular weight is 421 g/mol. The lowest BCUT2D eigenvalue weighted by Crippen LogP contribution is -2.37. The van der Waals surface area contributed by atoms with Gasteiger partial charge in [-0.25, -0.2) is 0 Å². The molecular formula is C24H21ClN2O3. The van der Waals surface area contributed by atoms with E-state index in [4.69, 9.17) is 21.1 Å². The second kappa shape index (κ2) is 9.37. The van der Waals surface area contributed by atoms with Gasteiger partial charge in [-0.1, -0.05) is 48.0 Å². The Kier molecular flexibility index (Phi) is 6.20. The zero-order chi connectivity index (χ0) is 20.8. The number of hydrazine groups is 1. The highest BCUT2D eigenvalue weighted by atomic mass is 35.5. The van der Waals surface area contributed by atoms with Gasteiger partial charge >= 0.3 is 0 Å². The molecule has 0 spiro atoms. The summed E-state index contributed by atoms with van der Waals surface area (Å²) in [7, 11) is 0. The fraction of sp³-hybridized carbons (Fsp3) is 0.125. The number of ether oxygens (including phenoxy) is 2. The summed E-state index contributed by atoms with van der Waals surface area (Å²) in [6, 6.07) is 22.9. The maximum Gasteiger partial charge on any atom is 0.262 e. The normalized spacial score (nSPS) is 13.0. The third kappa shape index (κ3) is 4.75. The zero-order valence-electron chi connectivity index (χ0n) is 16.3. The van der Waals surface area contributed by atoms with Crippen molar-refractivity contribution < 1.29 is 14.3 Å². The second-order valence-corrected chi connectivity index (χ2v) is 7.10. The molecule has 0 atom stereocenters. The van der Waals surface area contributed by atoms with Crippen LogP contribution in [0.25, 0.3) is 6.08 Å². The number of rotatable bonds is 5. The van der Waals surface area contributed by atoms with Crippen LogP contribution in [-0.4, -0.2) is 19.1 Å². The molecule has 0 unspecified atom stereocenters. The molecule has 0 radical (unpaired) electrons. The molecule has 0 fully saturated rings. The number of nitrogens with one attached hydrogen (secondary N) is 1. The first-order valence-electron chi connectivity index (χ1n) is 9.69. The van der Waals surface area contributed by atoms with Crippen molar-refractivity contribution >= 4 is 35.0 Å². The van der Waals surface area contributed by atoms with E-state index in [-0.39, 0.29) is 5.91 Å². The van der Waals surface area contributed by atoms with Gasteiger partial charge in [-0.3, -0.25) is 15.2 Å². The summed E-state index contributed by atoms with van der Waals surface area (Å²) in [5.74, 6) is 0.872. The van der Waals surface area contributed by atoms with Gasteiger partial charge in [0.05, 0.1) is 29.6 Å². The minimum Gasteiger partial charge on any atom is -0.489 e. The summed E-state index contributed by atoms with van der Waals surface area (Å²) in [6.07, 6.45) is 3.96. The van der Waals surface area contributed by atoms with Crippen molar-refractivity contribution in [1.29, 1.82) is 0 Å². The Morgan fingerprint density at radius 2 is 1.57 bits per heavy atom. The number of hydrogen-bond donors (Lipinski definition) is 1. The van der Waals surface area contributed by atoms with Crippen LogP contribution in [0.1, 0.15) is 12.0 Å². The molecule has 4 rings (SSSR count). The highest BCUT2D eigenvalue weighted by molar-refractivity contribution is 6.32. The van der Waals surface area contributed by atoms with Gasteiger partial charge in [-0.15, -0.1) is 0 Å².